The summed E-state index contributed by atoms with van der Waals surface area (Å²) in [6, 6.07) is 22.5. The van der Waals surface area contributed by atoms with E-state index in [9.17, 15) is 19.5 Å². The summed E-state index contributed by atoms with van der Waals surface area (Å²) in [5.41, 5.74) is 3.39. The van der Waals surface area contributed by atoms with E-state index in [2.05, 4.69) is 48.4 Å². The summed E-state index contributed by atoms with van der Waals surface area (Å²) in [5.74, 6) is -0.724. The number of carbonyl (C=O) groups is 3. The van der Waals surface area contributed by atoms with Crippen molar-refractivity contribution < 1.29 is 19.5 Å². The Balaban J connectivity index is 1.54. The average molecular weight is 683 g/mol. The van der Waals surface area contributed by atoms with E-state index >= 15 is 0 Å². The van der Waals surface area contributed by atoms with Crippen molar-refractivity contribution in [2.45, 2.75) is 58.3 Å². The van der Waals surface area contributed by atoms with Crippen LogP contribution in [-0.4, -0.2) is 86.5 Å². The number of fused-ring (bicyclic) bond motifs is 1. The first kappa shape index (κ1) is 37.2. The van der Waals surface area contributed by atoms with Crippen LogP contribution < -0.4 is 5.32 Å². The normalized spacial score (nSPS) is 13.1. The van der Waals surface area contributed by atoms with Gasteiger partial charge in [0.1, 0.15) is 6.04 Å². The first-order valence-corrected chi connectivity index (χ1v) is 18.0. The number of carboxylic acid groups (broad SMARTS) is 1. The van der Waals surface area contributed by atoms with Crippen LogP contribution >= 0.6 is 11.8 Å². The highest BCUT2D eigenvalue weighted by Gasteiger charge is 2.29. The van der Waals surface area contributed by atoms with Crippen molar-refractivity contribution in [3.05, 3.63) is 102 Å². The van der Waals surface area contributed by atoms with Gasteiger partial charge in [-0.05, 0) is 58.4 Å². The lowest BCUT2D eigenvalue weighted by atomic mass is 9.97. The fourth-order valence-corrected chi connectivity index (χ4v) is 6.38. The van der Waals surface area contributed by atoms with Crippen LogP contribution in [0.25, 0.3) is 10.8 Å². The maximum Gasteiger partial charge on any atom is 0.326 e. The minimum Gasteiger partial charge on any atom is -0.480 e. The van der Waals surface area contributed by atoms with Gasteiger partial charge in [0, 0.05) is 44.6 Å². The highest BCUT2D eigenvalue weighted by molar-refractivity contribution is 7.98. The lowest BCUT2D eigenvalue weighted by Crippen LogP contribution is -2.51. The van der Waals surface area contributed by atoms with Crippen LogP contribution in [0.4, 0.5) is 0 Å². The van der Waals surface area contributed by atoms with Crippen molar-refractivity contribution in [3.8, 4) is 6.07 Å². The number of benzene rings is 3. The second-order valence-corrected chi connectivity index (χ2v) is 13.5. The van der Waals surface area contributed by atoms with Crippen LogP contribution in [0.3, 0.4) is 0 Å². The number of nitriles is 1. The number of aliphatic carboxylic acids is 1. The Hall–Kier alpha value is -4.66. The van der Waals surface area contributed by atoms with Crippen molar-refractivity contribution >= 4 is 40.3 Å². The van der Waals surface area contributed by atoms with Crippen molar-refractivity contribution in [1.29, 1.82) is 5.26 Å². The van der Waals surface area contributed by atoms with Gasteiger partial charge in [-0.2, -0.15) is 17.0 Å². The molecular weight excluding hydrogens is 637 g/mol. The molecule has 1 heterocycles. The largest absolute Gasteiger partial charge is 0.480 e. The van der Waals surface area contributed by atoms with Crippen LogP contribution in [0.15, 0.2) is 79.3 Å². The number of imidazole rings is 1. The first-order valence-electron chi connectivity index (χ1n) is 16.6. The summed E-state index contributed by atoms with van der Waals surface area (Å²) in [7, 11) is 1.56. The van der Waals surface area contributed by atoms with Gasteiger partial charge in [-0.15, -0.1) is 0 Å². The number of amides is 2. The van der Waals surface area contributed by atoms with E-state index in [4.69, 9.17) is 5.26 Å². The van der Waals surface area contributed by atoms with E-state index < -0.39 is 12.0 Å². The fourth-order valence-electron chi connectivity index (χ4n) is 5.92. The first-order chi connectivity index (χ1) is 23.6. The van der Waals surface area contributed by atoms with E-state index in [1.165, 1.54) is 4.90 Å². The van der Waals surface area contributed by atoms with Gasteiger partial charge < -0.3 is 19.9 Å². The zero-order chi connectivity index (χ0) is 35.3. The molecule has 0 saturated carbocycles. The van der Waals surface area contributed by atoms with Crippen LogP contribution in [-0.2, 0) is 33.9 Å². The molecule has 4 aromatic rings. The number of hydrogen-bond acceptors (Lipinski definition) is 7. The SMILES string of the molecule is CCC(C)[C@@H](CN(CC(=O)N(C)[C@@H](CCSC)C(=O)O)Cc1cccc2ccccc12)NC(=O)Cc1cncn1Cc1ccc(C#N)cc1. The maximum atomic E-state index is 13.7. The molecule has 1 aromatic heterocycles. The average Bonchev–Trinajstić information content (AvgIpc) is 3.53. The molecule has 1 unspecified atom stereocenters. The quantitative estimate of drug-likeness (QED) is 0.147. The number of nitrogens with zero attached hydrogens (tertiary/aromatic N) is 5. The van der Waals surface area contributed by atoms with Crippen molar-refractivity contribution in [2.24, 2.45) is 5.92 Å². The van der Waals surface area contributed by atoms with Gasteiger partial charge in [0.15, 0.2) is 0 Å². The van der Waals surface area contributed by atoms with Crippen LogP contribution in [0, 0.1) is 17.2 Å². The summed E-state index contributed by atoms with van der Waals surface area (Å²) in [6.45, 7) is 5.54. The molecule has 2 N–H and O–H groups in total. The summed E-state index contributed by atoms with van der Waals surface area (Å²) in [6.07, 6.45) is 6.61. The van der Waals surface area contributed by atoms with Crippen molar-refractivity contribution in [2.75, 3.05) is 32.1 Å². The minimum absolute atomic E-state index is 0.00291. The molecule has 3 aromatic carbocycles. The smallest absolute Gasteiger partial charge is 0.326 e. The summed E-state index contributed by atoms with van der Waals surface area (Å²) in [5, 5.41) is 24.4. The van der Waals surface area contributed by atoms with Crippen molar-refractivity contribution in [1.82, 2.24) is 24.7 Å². The predicted molar refractivity (Wildman–Crippen MR) is 194 cm³/mol. The Labute approximate surface area is 293 Å². The predicted octanol–water partition coefficient (Wildman–Crippen LogP) is 5.20. The van der Waals surface area contributed by atoms with Gasteiger partial charge in [0.05, 0.1) is 30.9 Å². The Morgan fingerprint density at radius 1 is 1.08 bits per heavy atom. The molecular formula is C38H46N6O4S. The van der Waals surface area contributed by atoms with E-state index in [0.717, 1.165) is 34.0 Å². The number of thioether (sulfide) groups is 1. The van der Waals surface area contributed by atoms with Gasteiger partial charge in [0.25, 0.3) is 0 Å². The van der Waals surface area contributed by atoms with E-state index in [0.29, 0.717) is 37.4 Å². The number of rotatable bonds is 18. The minimum atomic E-state index is -1.02. The Morgan fingerprint density at radius 3 is 2.51 bits per heavy atom. The second-order valence-electron chi connectivity index (χ2n) is 12.5. The van der Waals surface area contributed by atoms with Crippen LogP contribution in [0.2, 0.25) is 0 Å². The zero-order valence-corrected chi connectivity index (χ0v) is 29.5. The summed E-state index contributed by atoms with van der Waals surface area (Å²) >= 11 is 1.55. The maximum absolute atomic E-state index is 13.7. The van der Waals surface area contributed by atoms with E-state index in [-0.39, 0.29) is 36.7 Å². The third-order valence-corrected chi connectivity index (χ3v) is 9.73. The molecule has 11 heteroatoms. The van der Waals surface area contributed by atoms with Gasteiger partial charge in [0.2, 0.25) is 11.8 Å². The third kappa shape index (κ3) is 10.4. The number of hydrogen-bond donors (Lipinski definition) is 2. The molecule has 10 nitrogen and oxygen atoms in total. The molecule has 0 aliphatic rings. The third-order valence-electron chi connectivity index (χ3n) is 9.08. The molecule has 0 saturated heterocycles. The highest BCUT2D eigenvalue weighted by Crippen LogP contribution is 2.22. The molecule has 2 amide bonds. The van der Waals surface area contributed by atoms with Gasteiger partial charge in [-0.3, -0.25) is 14.5 Å². The number of nitrogens with one attached hydrogen (secondary N) is 1. The van der Waals surface area contributed by atoms with Crippen LogP contribution in [0.5, 0.6) is 0 Å². The van der Waals surface area contributed by atoms with Crippen molar-refractivity contribution in [3.63, 3.8) is 0 Å². The lowest BCUT2D eigenvalue weighted by Gasteiger charge is -2.33. The van der Waals surface area contributed by atoms with Gasteiger partial charge in [-0.1, -0.05) is 74.9 Å². The summed E-state index contributed by atoms with van der Waals surface area (Å²) < 4.78 is 1.93. The molecule has 0 bridgehead atoms. The Bertz CT molecular complexity index is 1750. The molecule has 0 aliphatic carbocycles. The Kier molecular flexibility index (Phi) is 13.8. The zero-order valence-electron chi connectivity index (χ0n) is 28.7. The molecule has 49 heavy (non-hydrogen) atoms. The standard InChI is InChI=1S/C38H46N6O4S/c1-5-27(2)34(41-36(45)19-32-21-40-26-44(32)22-29-15-13-28(20-39)14-16-29)24-43(23-31-11-8-10-30-9-6-7-12-33(30)31)25-37(46)42(3)35(38(47)48)17-18-49-4/h6-16,21,26-27,34-35H,5,17-19,22-25H2,1-4H3,(H,41,45)(H,47,48)/t27?,34-,35+/m1/s1. The second kappa shape index (κ2) is 18.2. The number of carbonyl (C=O) groups excluding carboxylic acids is 2. The highest BCUT2D eigenvalue weighted by atomic mass is 32.2. The molecule has 258 valence electrons. The van der Waals surface area contributed by atoms with Gasteiger partial charge in [-0.25, -0.2) is 9.78 Å². The topological polar surface area (TPSA) is 132 Å². The molecule has 0 spiro atoms. The number of likely N-dealkylation sites (N-methyl/N-ethyl adjacent to an activating group) is 1. The lowest BCUT2D eigenvalue weighted by molar-refractivity contribution is -0.149. The fraction of sp³-hybridized carbons (Fsp3) is 0.395. The van der Waals surface area contributed by atoms with E-state index in [1.54, 1.807) is 43.5 Å². The monoisotopic (exact) mass is 682 g/mol. The summed E-state index contributed by atoms with van der Waals surface area (Å²) in [4.78, 5) is 47.1. The molecule has 4 rings (SSSR count). The molecule has 3 atom stereocenters. The van der Waals surface area contributed by atoms with Gasteiger partial charge >= 0.3 is 5.97 Å². The molecule has 0 fully saturated rings. The number of aromatic nitrogens is 2. The molecule has 0 radical (unpaired) electrons. The van der Waals surface area contributed by atoms with Crippen LogP contribution in [0.1, 0.15) is 49.1 Å². The molecule has 0 aliphatic heterocycles. The Morgan fingerprint density at radius 2 is 1.82 bits per heavy atom. The van der Waals surface area contributed by atoms with E-state index in [1.807, 2.05) is 52.1 Å². The number of carboxylic acids is 1.